The zero-order valence-electron chi connectivity index (χ0n) is 12.8. The normalized spacial score (nSPS) is 10.2. The van der Waals surface area contributed by atoms with E-state index in [2.05, 4.69) is 10.3 Å². The van der Waals surface area contributed by atoms with E-state index in [0.717, 1.165) is 0 Å². The third kappa shape index (κ3) is 4.88. The molecule has 0 radical (unpaired) electrons. The van der Waals surface area contributed by atoms with E-state index in [0.29, 0.717) is 11.3 Å². The van der Waals surface area contributed by atoms with Gasteiger partial charge >= 0.3 is 5.97 Å². The summed E-state index contributed by atoms with van der Waals surface area (Å²) in [6.07, 6.45) is 1.18. The van der Waals surface area contributed by atoms with Crippen molar-refractivity contribution >= 4 is 46.5 Å². The summed E-state index contributed by atoms with van der Waals surface area (Å²) < 4.78 is 4.86. The number of nitrogens with one attached hydrogen (secondary N) is 1. The Morgan fingerprint density at radius 1 is 1.32 bits per heavy atom. The molecule has 1 amide bonds. The summed E-state index contributed by atoms with van der Waals surface area (Å²) in [4.78, 5) is 37.5. The Kier molecular flexibility index (Phi) is 5.89. The van der Waals surface area contributed by atoms with Crippen molar-refractivity contribution in [3.63, 3.8) is 0 Å². The molecule has 130 valence electrons. The highest BCUT2D eigenvalue weighted by Crippen LogP contribution is 2.21. The predicted octanol–water partition coefficient (Wildman–Crippen LogP) is 3.40. The van der Waals surface area contributed by atoms with E-state index in [1.165, 1.54) is 30.5 Å². The van der Waals surface area contributed by atoms with Crippen LogP contribution in [0.3, 0.4) is 0 Å². The number of pyridine rings is 1. The van der Waals surface area contributed by atoms with Crippen LogP contribution < -0.4 is 5.32 Å². The second-order valence-corrected chi connectivity index (χ2v) is 5.64. The number of non-ortho nitro benzene ring substituents is 1. The number of amides is 1. The van der Waals surface area contributed by atoms with Crippen molar-refractivity contribution in [3.05, 3.63) is 61.9 Å². The summed E-state index contributed by atoms with van der Waals surface area (Å²) in [6.45, 7) is 1.06. The molecule has 0 aliphatic heterocycles. The second kappa shape index (κ2) is 7.91. The van der Waals surface area contributed by atoms with Crippen molar-refractivity contribution in [2.45, 2.75) is 6.92 Å². The van der Waals surface area contributed by atoms with Crippen molar-refractivity contribution in [1.29, 1.82) is 0 Å². The summed E-state index contributed by atoms with van der Waals surface area (Å²) in [5.74, 6) is -1.39. The highest BCUT2D eigenvalue weighted by atomic mass is 35.5. The van der Waals surface area contributed by atoms with E-state index in [1.807, 2.05) is 0 Å². The van der Waals surface area contributed by atoms with E-state index >= 15 is 0 Å². The van der Waals surface area contributed by atoms with Crippen LogP contribution in [0.1, 0.15) is 15.9 Å². The molecule has 0 fully saturated rings. The van der Waals surface area contributed by atoms with Gasteiger partial charge in [-0.05, 0) is 24.6 Å². The highest BCUT2D eigenvalue weighted by Gasteiger charge is 2.14. The van der Waals surface area contributed by atoms with Gasteiger partial charge in [-0.25, -0.2) is 9.78 Å². The first-order valence-electron chi connectivity index (χ1n) is 6.81. The Morgan fingerprint density at radius 2 is 2.04 bits per heavy atom. The van der Waals surface area contributed by atoms with E-state index in [-0.39, 0.29) is 21.4 Å². The number of hydrogen-bond acceptors (Lipinski definition) is 6. The number of carbonyl (C=O) groups is 2. The van der Waals surface area contributed by atoms with Crippen LogP contribution in [-0.4, -0.2) is 28.4 Å². The number of nitro groups is 1. The minimum atomic E-state index is -0.790. The smallest absolute Gasteiger partial charge is 0.340 e. The number of esters is 1. The fraction of sp³-hybridized carbons (Fsp3) is 0.133. The molecule has 25 heavy (non-hydrogen) atoms. The van der Waals surface area contributed by atoms with Crippen molar-refractivity contribution in [2.75, 3.05) is 11.9 Å². The average Bonchev–Trinajstić information content (AvgIpc) is 2.56. The zero-order chi connectivity index (χ0) is 18.6. The van der Waals surface area contributed by atoms with Crippen LogP contribution in [0, 0.1) is 17.0 Å². The van der Waals surface area contributed by atoms with Gasteiger partial charge in [0.1, 0.15) is 5.15 Å². The van der Waals surface area contributed by atoms with Crippen LogP contribution >= 0.6 is 23.2 Å². The number of aryl methyl sites for hydroxylation is 1. The monoisotopic (exact) mass is 383 g/mol. The fourth-order valence-electron chi connectivity index (χ4n) is 1.84. The number of hydrogen-bond donors (Lipinski definition) is 1. The van der Waals surface area contributed by atoms with Crippen molar-refractivity contribution in [2.24, 2.45) is 0 Å². The zero-order valence-corrected chi connectivity index (χ0v) is 14.3. The topological polar surface area (TPSA) is 111 Å². The Hall–Kier alpha value is -2.71. The van der Waals surface area contributed by atoms with Crippen LogP contribution in [0.25, 0.3) is 0 Å². The standard InChI is InChI=1S/C15H11Cl2N3O5/c1-8-4-10(20(23)24)2-3-12(8)19-13(21)7-25-15(22)9-5-11(16)14(17)18-6-9/h2-6H,7H2,1H3,(H,19,21). The van der Waals surface area contributed by atoms with Gasteiger partial charge in [-0.2, -0.15) is 0 Å². The Morgan fingerprint density at radius 3 is 2.64 bits per heavy atom. The molecule has 0 atom stereocenters. The van der Waals surface area contributed by atoms with Gasteiger partial charge in [0.05, 0.1) is 15.5 Å². The molecule has 8 nitrogen and oxygen atoms in total. The molecular formula is C15H11Cl2N3O5. The minimum absolute atomic E-state index is 0.0459. The summed E-state index contributed by atoms with van der Waals surface area (Å²) in [6, 6.07) is 5.26. The van der Waals surface area contributed by atoms with Crippen molar-refractivity contribution in [3.8, 4) is 0 Å². The lowest BCUT2D eigenvalue weighted by molar-refractivity contribution is -0.384. The molecule has 10 heteroatoms. The molecule has 0 aliphatic carbocycles. The van der Waals surface area contributed by atoms with Gasteiger partial charge in [-0.3, -0.25) is 14.9 Å². The quantitative estimate of drug-likeness (QED) is 0.366. The minimum Gasteiger partial charge on any atom is -0.452 e. The van der Waals surface area contributed by atoms with Gasteiger partial charge in [-0.15, -0.1) is 0 Å². The molecule has 0 saturated carbocycles. The number of anilines is 1. The lowest BCUT2D eigenvalue weighted by atomic mass is 10.2. The average molecular weight is 384 g/mol. The van der Waals surface area contributed by atoms with Crippen LogP contribution in [-0.2, 0) is 9.53 Å². The number of halogens is 2. The SMILES string of the molecule is Cc1cc([N+](=O)[O-])ccc1NC(=O)COC(=O)c1cnc(Cl)c(Cl)c1. The maximum absolute atomic E-state index is 11.9. The van der Waals surface area contributed by atoms with Gasteiger partial charge in [-0.1, -0.05) is 23.2 Å². The van der Waals surface area contributed by atoms with Gasteiger partial charge in [0.15, 0.2) is 6.61 Å². The van der Waals surface area contributed by atoms with Gasteiger partial charge < -0.3 is 10.1 Å². The number of nitro benzene ring substituents is 1. The number of carbonyl (C=O) groups excluding carboxylic acids is 2. The first-order valence-corrected chi connectivity index (χ1v) is 7.56. The van der Waals surface area contributed by atoms with Crippen LogP contribution in [0.5, 0.6) is 0 Å². The third-order valence-electron chi connectivity index (χ3n) is 3.06. The molecular weight excluding hydrogens is 373 g/mol. The lowest BCUT2D eigenvalue weighted by Gasteiger charge is -2.09. The van der Waals surface area contributed by atoms with E-state index < -0.39 is 23.4 Å². The fourth-order valence-corrected chi connectivity index (χ4v) is 2.10. The Bertz CT molecular complexity index is 857. The third-order valence-corrected chi connectivity index (χ3v) is 3.75. The van der Waals surface area contributed by atoms with E-state index in [1.54, 1.807) is 6.92 Å². The predicted molar refractivity (Wildman–Crippen MR) is 91.0 cm³/mol. The largest absolute Gasteiger partial charge is 0.452 e. The van der Waals surface area contributed by atoms with E-state index in [4.69, 9.17) is 27.9 Å². The molecule has 0 unspecified atom stereocenters. The molecule has 1 aromatic heterocycles. The summed E-state index contributed by atoms with van der Waals surface area (Å²) in [5.41, 5.74) is 0.841. The van der Waals surface area contributed by atoms with Gasteiger partial charge in [0.25, 0.3) is 11.6 Å². The van der Waals surface area contributed by atoms with Gasteiger partial charge in [0, 0.05) is 24.0 Å². The molecule has 1 aromatic carbocycles. The Labute approximate surface area is 151 Å². The molecule has 0 aliphatic rings. The summed E-state index contributed by atoms with van der Waals surface area (Å²) >= 11 is 11.4. The summed E-state index contributed by atoms with van der Waals surface area (Å²) in [5, 5.41) is 13.3. The first kappa shape index (κ1) is 18.6. The number of aromatic nitrogens is 1. The maximum atomic E-state index is 11.9. The first-order chi connectivity index (χ1) is 11.8. The molecule has 1 N–H and O–H groups in total. The number of benzene rings is 1. The van der Waals surface area contributed by atoms with Gasteiger partial charge in [0.2, 0.25) is 0 Å². The maximum Gasteiger partial charge on any atom is 0.340 e. The lowest BCUT2D eigenvalue weighted by Crippen LogP contribution is -2.21. The van der Waals surface area contributed by atoms with Crippen LogP contribution in [0.4, 0.5) is 11.4 Å². The van der Waals surface area contributed by atoms with Crippen LogP contribution in [0.2, 0.25) is 10.2 Å². The van der Waals surface area contributed by atoms with Crippen molar-refractivity contribution in [1.82, 2.24) is 4.98 Å². The molecule has 0 saturated heterocycles. The molecule has 1 heterocycles. The Balaban J connectivity index is 1.95. The highest BCUT2D eigenvalue weighted by molar-refractivity contribution is 6.41. The molecule has 0 spiro atoms. The number of ether oxygens (including phenoxy) is 1. The van der Waals surface area contributed by atoms with E-state index in [9.17, 15) is 19.7 Å². The van der Waals surface area contributed by atoms with Crippen molar-refractivity contribution < 1.29 is 19.2 Å². The summed E-state index contributed by atoms with van der Waals surface area (Å²) in [7, 11) is 0. The molecule has 0 bridgehead atoms. The second-order valence-electron chi connectivity index (χ2n) is 4.88. The van der Waals surface area contributed by atoms with Crippen LogP contribution in [0.15, 0.2) is 30.5 Å². The molecule has 2 rings (SSSR count). The number of nitrogens with zero attached hydrogens (tertiary/aromatic N) is 2. The molecule has 2 aromatic rings. The number of rotatable bonds is 5.